The lowest BCUT2D eigenvalue weighted by Crippen LogP contribution is -2.20. The minimum atomic E-state index is -0.484. The van der Waals surface area contributed by atoms with Crippen LogP contribution in [-0.4, -0.2) is 16.5 Å². The van der Waals surface area contributed by atoms with Crippen molar-refractivity contribution in [3.8, 4) is 11.5 Å². The Labute approximate surface area is 214 Å². The van der Waals surface area contributed by atoms with E-state index in [2.05, 4.69) is 10.5 Å². The number of benzene rings is 4. The number of nitrogens with one attached hydrogen (secondary N) is 1. The molecule has 0 saturated heterocycles. The Morgan fingerprint density at radius 1 is 0.838 bits per heavy atom. The molecule has 186 valence electrons. The molecule has 0 aliphatic rings. The fourth-order valence-corrected chi connectivity index (χ4v) is 3.48. The predicted molar refractivity (Wildman–Crippen MR) is 141 cm³/mol. The van der Waals surface area contributed by atoms with E-state index in [1.165, 1.54) is 12.1 Å². The van der Waals surface area contributed by atoms with Crippen LogP contribution in [0.25, 0.3) is 0 Å². The molecule has 4 aromatic carbocycles. The third-order valence-corrected chi connectivity index (χ3v) is 5.48. The zero-order chi connectivity index (χ0) is 26.0. The Balaban J connectivity index is 1.52. The largest absolute Gasteiger partial charge is 0.489 e. The first-order valence-electron chi connectivity index (χ1n) is 11.6. The summed E-state index contributed by atoms with van der Waals surface area (Å²) in [5.41, 5.74) is 5.66. The molecule has 0 unspecified atom stereocenters. The summed E-state index contributed by atoms with van der Waals surface area (Å²) in [5.74, 6) is 0.414. The van der Waals surface area contributed by atoms with Crippen molar-refractivity contribution < 1.29 is 19.2 Å². The maximum atomic E-state index is 13.0. The minimum absolute atomic E-state index is 0.0546. The van der Waals surface area contributed by atoms with Gasteiger partial charge in [0.15, 0.2) is 0 Å². The molecule has 4 aromatic rings. The van der Waals surface area contributed by atoms with E-state index in [0.29, 0.717) is 29.4 Å². The molecule has 8 nitrogen and oxygen atoms in total. The lowest BCUT2D eigenvalue weighted by Gasteiger charge is -2.14. The van der Waals surface area contributed by atoms with E-state index in [4.69, 9.17) is 9.47 Å². The van der Waals surface area contributed by atoms with Crippen LogP contribution in [0.2, 0.25) is 0 Å². The van der Waals surface area contributed by atoms with E-state index in [-0.39, 0.29) is 17.9 Å². The Morgan fingerprint density at radius 3 is 2.14 bits per heavy atom. The van der Waals surface area contributed by atoms with Gasteiger partial charge in [0.25, 0.3) is 11.6 Å². The Morgan fingerprint density at radius 2 is 1.49 bits per heavy atom. The van der Waals surface area contributed by atoms with Crippen LogP contribution in [0.5, 0.6) is 11.5 Å². The summed E-state index contributed by atoms with van der Waals surface area (Å²) in [5, 5.41) is 15.2. The zero-order valence-electron chi connectivity index (χ0n) is 20.2. The number of hydrogen-bond donors (Lipinski definition) is 1. The van der Waals surface area contributed by atoms with Crippen molar-refractivity contribution in [2.45, 2.75) is 20.1 Å². The van der Waals surface area contributed by atoms with Gasteiger partial charge in [-0.3, -0.25) is 14.9 Å². The molecular formula is C29H25N3O5. The predicted octanol–water partition coefficient (Wildman–Crippen LogP) is 5.91. The summed E-state index contributed by atoms with van der Waals surface area (Å²) >= 11 is 0. The lowest BCUT2D eigenvalue weighted by molar-refractivity contribution is -0.384. The topological polar surface area (TPSA) is 103 Å². The number of amides is 1. The van der Waals surface area contributed by atoms with E-state index < -0.39 is 10.8 Å². The van der Waals surface area contributed by atoms with Gasteiger partial charge in [0.2, 0.25) is 0 Å². The molecule has 0 aliphatic carbocycles. The molecule has 0 spiro atoms. The van der Waals surface area contributed by atoms with Crippen LogP contribution in [0, 0.1) is 10.1 Å². The summed E-state index contributed by atoms with van der Waals surface area (Å²) in [6.07, 6.45) is 0. The summed E-state index contributed by atoms with van der Waals surface area (Å²) in [6.45, 7) is 2.29. The van der Waals surface area contributed by atoms with Gasteiger partial charge in [-0.05, 0) is 30.2 Å². The zero-order valence-corrected chi connectivity index (χ0v) is 20.2. The normalized spacial score (nSPS) is 11.0. The molecule has 0 aliphatic heterocycles. The lowest BCUT2D eigenvalue weighted by atomic mass is 10.1. The second-order valence-corrected chi connectivity index (χ2v) is 8.15. The van der Waals surface area contributed by atoms with Gasteiger partial charge >= 0.3 is 0 Å². The van der Waals surface area contributed by atoms with E-state index in [1.807, 2.05) is 60.7 Å². The number of rotatable bonds is 10. The van der Waals surface area contributed by atoms with Crippen LogP contribution in [0.1, 0.15) is 34.0 Å². The molecule has 4 rings (SSSR count). The first kappa shape index (κ1) is 25.1. The monoisotopic (exact) mass is 495 g/mol. The quantitative estimate of drug-likeness (QED) is 0.167. The van der Waals surface area contributed by atoms with Crippen LogP contribution in [0.15, 0.2) is 108 Å². The molecule has 0 radical (unpaired) electrons. The van der Waals surface area contributed by atoms with Crippen molar-refractivity contribution in [1.82, 2.24) is 5.43 Å². The second-order valence-electron chi connectivity index (χ2n) is 8.15. The number of nitro benzene ring substituents is 1. The van der Waals surface area contributed by atoms with Crippen LogP contribution >= 0.6 is 0 Å². The Kier molecular flexibility index (Phi) is 8.23. The number of carbonyl (C=O) groups excluding carboxylic acids is 1. The molecule has 8 heteroatoms. The highest BCUT2D eigenvalue weighted by molar-refractivity contribution is 6.02. The van der Waals surface area contributed by atoms with E-state index >= 15 is 0 Å². The number of nitrogens with zero attached hydrogens (tertiary/aromatic N) is 2. The highest BCUT2D eigenvalue weighted by atomic mass is 16.6. The van der Waals surface area contributed by atoms with Crippen molar-refractivity contribution in [2.24, 2.45) is 5.10 Å². The average Bonchev–Trinajstić information content (AvgIpc) is 2.94. The molecule has 0 atom stereocenters. The van der Waals surface area contributed by atoms with Gasteiger partial charge in [-0.2, -0.15) is 5.10 Å². The molecule has 37 heavy (non-hydrogen) atoms. The second kappa shape index (κ2) is 12.1. The number of nitro groups is 1. The van der Waals surface area contributed by atoms with Crippen molar-refractivity contribution in [3.63, 3.8) is 0 Å². The van der Waals surface area contributed by atoms with Gasteiger partial charge in [0.05, 0.1) is 16.2 Å². The minimum Gasteiger partial charge on any atom is -0.489 e. The number of hydrogen-bond acceptors (Lipinski definition) is 6. The molecule has 0 bridgehead atoms. The SMILES string of the molecule is C/C(=N\NC(=O)c1ccc(OCc2ccccc2)cc1OCc1ccccc1)c1cccc([N+](=O)[O-])c1. The third kappa shape index (κ3) is 7.02. The summed E-state index contributed by atoms with van der Waals surface area (Å²) in [7, 11) is 0. The molecule has 0 fully saturated rings. The summed E-state index contributed by atoms with van der Waals surface area (Å²) in [4.78, 5) is 23.6. The maximum Gasteiger partial charge on any atom is 0.275 e. The number of ether oxygens (including phenoxy) is 2. The average molecular weight is 496 g/mol. The molecule has 1 N–H and O–H groups in total. The fraction of sp³-hybridized carbons (Fsp3) is 0.103. The number of non-ortho nitro benzene ring substituents is 1. The van der Waals surface area contributed by atoms with Crippen LogP contribution in [0.3, 0.4) is 0 Å². The van der Waals surface area contributed by atoms with Gasteiger partial charge in [-0.15, -0.1) is 0 Å². The summed E-state index contributed by atoms with van der Waals surface area (Å²) < 4.78 is 11.9. The van der Waals surface area contributed by atoms with E-state index in [1.54, 1.807) is 37.3 Å². The van der Waals surface area contributed by atoms with Gasteiger partial charge in [0.1, 0.15) is 24.7 Å². The van der Waals surface area contributed by atoms with Crippen molar-refractivity contribution in [1.29, 1.82) is 0 Å². The van der Waals surface area contributed by atoms with Crippen molar-refractivity contribution in [3.05, 3.63) is 135 Å². The molecule has 0 saturated carbocycles. The van der Waals surface area contributed by atoms with Gasteiger partial charge in [0, 0.05) is 23.8 Å². The maximum absolute atomic E-state index is 13.0. The summed E-state index contributed by atoms with van der Waals surface area (Å²) in [6, 6.07) is 30.4. The van der Waals surface area contributed by atoms with Gasteiger partial charge in [-0.25, -0.2) is 5.43 Å². The Hall–Kier alpha value is -4.98. The fourth-order valence-electron chi connectivity index (χ4n) is 3.48. The number of carbonyl (C=O) groups is 1. The highest BCUT2D eigenvalue weighted by Gasteiger charge is 2.15. The van der Waals surface area contributed by atoms with Crippen molar-refractivity contribution >= 4 is 17.3 Å². The third-order valence-electron chi connectivity index (χ3n) is 5.48. The standard InChI is InChI=1S/C29H25N3O5/c1-21(24-13-8-14-25(17-24)32(34)35)30-31-29(33)27-16-15-26(36-19-22-9-4-2-5-10-22)18-28(27)37-20-23-11-6-3-7-12-23/h2-18H,19-20H2,1H3,(H,31,33)/b30-21+. The molecular weight excluding hydrogens is 470 g/mol. The highest BCUT2D eigenvalue weighted by Crippen LogP contribution is 2.27. The first-order chi connectivity index (χ1) is 18.0. The van der Waals surface area contributed by atoms with Crippen LogP contribution in [-0.2, 0) is 13.2 Å². The van der Waals surface area contributed by atoms with Gasteiger partial charge < -0.3 is 9.47 Å². The van der Waals surface area contributed by atoms with Crippen LogP contribution in [0.4, 0.5) is 5.69 Å². The van der Waals surface area contributed by atoms with Gasteiger partial charge in [-0.1, -0.05) is 72.8 Å². The molecule has 0 heterocycles. The van der Waals surface area contributed by atoms with Crippen LogP contribution < -0.4 is 14.9 Å². The number of hydrazone groups is 1. The molecule has 0 aromatic heterocycles. The smallest absolute Gasteiger partial charge is 0.275 e. The molecule has 1 amide bonds. The van der Waals surface area contributed by atoms with E-state index in [0.717, 1.165) is 11.1 Å². The Bertz CT molecular complexity index is 1410. The first-order valence-corrected chi connectivity index (χ1v) is 11.6. The van der Waals surface area contributed by atoms with Crippen molar-refractivity contribution in [2.75, 3.05) is 0 Å². The van der Waals surface area contributed by atoms with E-state index in [9.17, 15) is 14.9 Å².